The molecule has 4 saturated carbocycles. The van der Waals surface area contributed by atoms with Crippen LogP contribution < -0.4 is 0 Å². The van der Waals surface area contributed by atoms with E-state index in [1.807, 2.05) is 0 Å². The van der Waals surface area contributed by atoms with E-state index in [0.29, 0.717) is 41.9 Å². The third kappa shape index (κ3) is 3.18. The maximum absolute atomic E-state index is 13.7. The van der Waals surface area contributed by atoms with Crippen molar-refractivity contribution < 1.29 is 28.9 Å². The third-order valence-electron chi connectivity index (χ3n) is 12.2. The van der Waals surface area contributed by atoms with Gasteiger partial charge in [0, 0.05) is 37.5 Å². The minimum atomic E-state index is -1.39. The smallest absolute Gasteiger partial charge is 0.302 e. The van der Waals surface area contributed by atoms with Crippen molar-refractivity contribution in [3.63, 3.8) is 0 Å². The number of hydrogen-bond donors (Lipinski definition) is 1. The molecule has 1 N–H and O–H groups in total. The highest BCUT2D eigenvalue weighted by Gasteiger charge is 2.72. The van der Waals surface area contributed by atoms with Gasteiger partial charge in [-0.05, 0) is 73.5 Å². The second-order valence-electron chi connectivity index (χ2n) is 13.8. The molecule has 0 aromatic carbocycles. The number of ether oxygens (including phenoxy) is 3. The van der Waals surface area contributed by atoms with E-state index in [9.17, 15) is 14.7 Å². The van der Waals surface area contributed by atoms with E-state index in [1.54, 1.807) is 0 Å². The van der Waals surface area contributed by atoms with Crippen molar-refractivity contribution in [3.8, 4) is 0 Å². The Bertz CT molecular complexity index is 909. The van der Waals surface area contributed by atoms with Gasteiger partial charge in [0.1, 0.15) is 11.7 Å². The third-order valence-corrected chi connectivity index (χ3v) is 12.2. The van der Waals surface area contributed by atoms with Gasteiger partial charge in [0.05, 0.1) is 12.7 Å². The first kappa shape index (κ1) is 24.4. The number of carbonyl (C=O) groups excluding carboxylic acids is 2. The van der Waals surface area contributed by atoms with Gasteiger partial charge in [0.2, 0.25) is 0 Å². The Morgan fingerprint density at radius 1 is 1.09 bits per heavy atom. The van der Waals surface area contributed by atoms with Crippen LogP contribution in [0.2, 0.25) is 0 Å². The van der Waals surface area contributed by atoms with Crippen LogP contribution in [-0.4, -0.2) is 47.1 Å². The summed E-state index contributed by atoms with van der Waals surface area (Å²) in [4.78, 5) is 25.2. The van der Waals surface area contributed by atoms with Gasteiger partial charge < -0.3 is 19.3 Å². The monoisotopic (exact) mass is 488 g/mol. The molecule has 196 valence electrons. The lowest BCUT2D eigenvalue weighted by Gasteiger charge is -2.63. The van der Waals surface area contributed by atoms with Crippen molar-refractivity contribution in [2.75, 3.05) is 6.61 Å². The zero-order valence-electron chi connectivity index (χ0n) is 22.2. The molecule has 12 atom stereocenters. The van der Waals surface area contributed by atoms with Crippen molar-refractivity contribution in [2.45, 2.75) is 116 Å². The second-order valence-corrected chi connectivity index (χ2v) is 13.8. The Hall–Kier alpha value is -0.980. The van der Waals surface area contributed by atoms with Gasteiger partial charge in [-0.15, -0.1) is 0 Å². The molecule has 0 amide bonds. The molecule has 2 saturated heterocycles. The maximum atomic E-state index is 13.7. The minimum Gasteiger partial charge on any atom is -0.462 e. The van der Waals surface area contributed by atoms with E-state index in [1.165, 1.54) is 6.92 Å². The van der Waals surface area contributed by atoms with E-state index in [4.69, 9.17) is 14.2 Å². The van der Waals surface area contributed by atoms with Crippen LogP contribution in [0.15, 0.2) is 0 Å². The van der Waals surface area contributed by atoms with E-state index >= 15 is 0 Å². The molecule has 0 aromatic rings. The van der Waals surface area contributed by atoms with Gasteiger partial charge in [0.15, 0.2) is 11.6 Å². The number of hydrogen-bond acceptors (Lipinski definition) is 6. The molecule has 35 heavy (non-hydrogen) atoms. The molecular weight excluding hydrogens is 444 g/mol. The molecule has 0 bridgehead atoms. The second kappa shape index (κ2) is 7.77. The number of Topliss-reactive ketones (excluding diaryl/α,β-unsaturated/α-hetero) is 1. The van der Waals surface area contributed by atoms with Crippen molar-refractivity contribution in [1.29, 1.82) is 0 Å². The van der Waals surface area contributed by atoms with E-state index < -0.39 is 16.8 Å². The first-order valence-electron chi connectivity index (χ1n) is 14.2. The van der Waals surface area contributed by atoms with Crippen LogP contribution in [0.5, 0.6) is 0 Å². The lowest BCUT2D eigenvalue weighted by atomic mass is 9.42. The molecule has 0 unspecified atom stereocenters. The summed E-state index contributed by atoms with van der Waals surface area (Å²) in [6, 6.07) is 0. The molecule has 2 heterocycles. The van der Waals surface area contributed by atoms with Crippen LogP contribution >= 0.6 is 0 Å². The summed E-state index contributed by atoms with van der Waals surface area (Å²) >= 11 is 0. The van der Waals surface area contributed by atoms with Crippen molar-refractivity contribution in [2.24, 2.45) is 46.3 Å². The van der Waals surface area contributed by atoms with E-state index in [2.05, 4.69) is 27.7 Å². The molecule has 6 nitrogen and oxygen atoms in total. The van der Waals surface area contributed by atoms with Gasteiger partial charge in [-0.1, -0.05) is 27.7 Å². The highest BCUT2D eigenvalue weighted by Crippen LogP contribution is 2.71. The maximum Gasteiger partial charge on any atom is 0.302 e. The van der Waals surface area contributed by atoms with E-state index in [0.717, 1.165) is 51.6 Å². The normalized spacial score (nSPS) is 57.3. The van der Waals surface area contributed by atoms with Crippen molar-refractivity contribution in [1.82, 2.24) is 0 Å². The number of fused-ring (bicyclic) bond motifs is 7. The van der Waals surface area contributed by atoms with Crippen LogP contribution in [0, 0.1) is 46.3 Å². The Kier molecular flexibility index (Phi) is 5.41. The topological polar surface area (TPSA) is 82.1 Å². The highest BCUT2D eigenvalue weighted by molar-refractivity contribution is 5.89. The molecule has 0 aromatic heterocycles. The molecule has 2 aliphatic heterocycles. The largest absolute Gasteiger partial charge is 0.462 e. The summed E-state index contributed by atoms with van der Waals surface area (Å²) in [5.74, 6) is 1.68. The van der Waals surface area contributed by atoms with Crippen LogP contribution in [0.1, 0.15) is 92.4 Å². The molecule has 6 fully saturated rings. The summed E-state index contributed by atoms with van der Waals surface area (Å²) in [6.07, 6.45) is 7.30. The Morgan fingerprint density at radius 2 is 1.86 bits per heavy atom. The first-order chi connectivity index (χ1) is 16.4. The predicted octanol–water partition coefficient (Wildman–Crippen LogP) is 4.66. The van der Waals surface area contributed by atoms with E-state index in [-0.39, 0.29) is 35.8 Å². The Balaban J connectivity index is 1.26. The van der Waals surface area contributed by atoms with Crippen LogP contribution in [0.25, 0.3) is 0 Å². The number of esters is 1. The van der Waals surface area contributed by atoms with Gasteiger partial charge in [-0.25, -0.2) is 0 Å². The zero-order chi connectivity index (χ0) is 25.0. The Labute approximate surface area is 209 Å². The predicted molar refractivity (Wildman–Crippen MR) is 129 cm³/mol. The van der Waals surface area contributed by atoms with Gasteiger partial charge in [-0.3, -0.25) is 9.59 Å². The van der Waals surface area contributed by atoms with Gasteiger partial charge >= 0.3 is 5.97 Å². The quantitative estimate of drug-likeness (QED) is 0.541. The average Bonchev–Trinajstić information content (AvgIpc) is 3.23. The molecular formula is C29H44O6. The van der Waals surface area contributed by atoms with Crippen molar-refractivity contribution >= 4 is 11.8 Å². The standard InChI is InChI=1S/C29H44O6/c1-16-6-11-29(33-15-16)17(2)25-23(35-29)13-22-20-12-24(31)28(32)14-19(34-18(3)30)7-10-27(28,5)21(20)8-9-26(22,25)4/h16-17,19-23,25,32H,6-15H2,1-5H3/t16-,17+,19-,20-,21+,22+,23+,25+,26-,27+,28-,29-/m0/s1. The molecule has 0 radical (unpaired) electrons. The summed E-state index contributed by atoms with van der Waals surface area (Å²) < 4.78 is 18.7. The van der Waals surface area contributed by atoms with Gasteiger partial charge in [0.25, 0.3) is 0 Å². The summed E-state index contributed by atoms with van der Waals surface area (Å²) in [7, 11) is 0. The summed E-state index contributed by atoms with van der Waals surface area (Å²) in [5.41, 5.74) is -1.71. The summed E-state index contributed by atoms with van der Waals surface area (Å²) in [5, 5.41) is 11.9. The first-order valence-corrected chi connectivity index (χ1v) is 14.2. The number of ketones is 1. The van der Waals surface area contributed by atoms with Gasteiger partial charge in [-0.2, -0.15) is 0 Å². The van der Waals surface area contributed by atoms with Crippen molar-refractivity contribution in [3.05, 3.63) is 0 Å². The minimum absolute atomic E-state index is 0.0329. The molecule has 6 heteroatoms. The Morgan fingerprint density at radius 3 is 2.54 bits per heavy atom. The fourth-order valence-corrected chi connectivity index (χ4v) is 10.4. The number of aliphatic hydroxyl groups is 1. The van der Waals surface area contributed by atoms with Crippen LogP contribution in [0.3, 0.4) is 0 Å². The fourth-order valence-electron chi connectivity index (χ4n) is 10.4. The summed E-state index contributed by atoms with van der Waals surface area (Å²) in [6.45, 7) is 11.4. The number of carbonyl (C=O) groups is 2. The lowest BCUT2D eigenvalue weighted by Crippen LogP contribution is -2.67. The van der Waals surface area contributed by atoms with Crippen LogP contribution in [0.4, 0.5) is 0 Å². The van der Waals surface area contributed by atoms with Crippen LogP contribution in [-0.2, 0) is 23.8 Å². The zero-order valence-corrected chi connectivity index (χ0v) is 22.2. The SMILES string of the molecule is CC(=O)O[C@H]1CC[C@]2(C)[C@@H]3CC[C@]4(C)[C@@H]5[C@@H](C)[C@]6(CC[C@H](C)CO6)O[C@@H]5C[C@@H]4[C@H]3CC(=O)[C@@]2(O)C1. The lowest BCUT2D eigenvalue weighted by molar-refractivity contribution is -0.273. The highest BCUT2D eigenvalue weighted by atomic mass is 16.7. The molecule has 6 aliphatic rings. The average molecular weight is 489 g/mol. The molecule has 4 aliphatic carbocycles. The molecule has 1 spiro atoms. The number of rotatable bonds is 1. The fraction of sp³-hybridized carbons (Fsp3) is 0.931. The molecule has 6 rings (SSSR count).